The van der Waals surface area contributed by atoms with Crippen LogP contribution in [0, 0.1) is 10.1 Å². The zero-order valence-corrected chi connectivity index (χ0v) is 16.0. The number of fused-ring (bicyclic) bond motifs is 1. The predicted molar refractivity (Wildman–Crippen MR) is 99.3 cm³/mol. The topological polar surface area (TPSA) is 142 Å². The number of nitro groups is 1. The molecule has 3 N–H and O–H groups in total. The number of nitrogens with zero attached hydrogens (tertiary/aromatic N) is 4. The van der Waals surface area contributed by atoms with Crippen LogP contribution in [0.2, 0.25) is 5.32 Å². The molecular formula is C16H15FN6O4Se. The second-order valence-electron chi connectivity index (χ2n) is 6.19. The number of hydrogen-bond acceptors (Lipinski definition) is 7. The monoisotopic (exact) mass is 454 g/mol. The Bertz CT molecular complexity index is 1100. The quantitative estimate of drug-likeness (QED) is 0.329. The minimum absolute atomic E-state index is 0.0342. The fraction of sp³-hybridized carbons (Fsp3) is 0.312. The number of para-hydroxylation sites is 1. The summed E-state index contributed by atoms with van der Waals surface area (Å²) in [5, 5.41) is 11.5. The number of imidazole rings is 1. The van der Waals surface area contributed by atoms with Gasteiger partial charge in [0.2, 0.25) is 0 Å². The SMILES string of the molecule is Nc1nc2c(ncn2[C@H]2C[C@H](F)[C@@H](C[Se]c3ccccc3[N+](=O)[O-])O2)c(=O)[nH]1. The van der Waals surface area contributed by atoms with Gasteiger partial charge in [-0.15, -0.1) is 0 Å². The van der Waals surface area contributed by atoms with Crippen LogP contribution in [0.15, 0.2) is 35.4 Å². The number of hydrogen-bond donors (Lipinski definition) is 2. The third-order valence-corrected chi connectivity index (χ3v) is 6.80. The molecule has 1 aromatic carbocycles. The Morgan fingerprint density at radius 3 is 3.04 bits per heavy atom. The summed E-state index contributed by atoms with van der Waals surface area (Å²) in [6, 6.07) is 6.44. The maximum atomic E-state index is 14.6. The Morgan fingerprint density at radius 2 is 2.25 bits per heavy atom. The summed E-state index contributed by atoms with van der Waals surface area (Å²) < 4.78 is 22.5. The van der Waals surface area contributed by atoms with Gasteiger partial charge in [0.05, 0.1) is 0 Å². The van der Waals surface area contributed by atoms with Crippen LogP contribution in [0.5, 0.6) is 0 Å². The van der Waals surface area contributed by atoms with Crippen LogP contribution < -0.4 is 15.8 Å². The number of alkyl halides is 1. The first-order chi connectivity index (χ1) is 13.4. The van der Waals surface area contributed by atoms with E-state index in [9.17, 15) is 19.3 Å². The number of nitrogens with one attached hydrogen (secondary N) is 1. The van der Waals surface area contributed by atoms with Crippen LogP contribution in [0.25, 0.3) is 11.2 Å². The fourth-order valence-corrected chi connectivity index (χ4v) is 5.37. The van der Waals surface area contributed by atoms with Crippen molar-refractivity contribution in [2.45, 2.75) is 30.2 Å². The van der Waals surface area contributed by atoms with E-state index < -0.39 is 29.0 Å². The molecule has 1 aliphatic heterocycles. The molecule has 3 aromatic rings. The van der Waals surface area contributed by atoms with Crippen LogP contribution >= 0.6 is 0 Å². The summed E-state index contributed by atoms with van der Waals surface area (Å²) in [6.07, 6.45) is -1.19. The van der Waals surface area contributed by atoms with Crippen molar-refractivity contribution in [1.29, 1.82) is 0 Å². The molecule has 1 aliphatic rings. The van der Waals surface area contributed by atoms with E-state index in [4.69, 9.17) is 10.5 Å². The number of ether oxygens (including phenoxy) is 1. The third kappa shape index (κ3) is 3.37. The van der Waals surface area contributed by atoms with Crippen molar-refractivity contribution in [3.8, 4) is 0 Å². The molecule has 0 amide bonds. The Hall–Kier alpha value is -2.82. The zero-order valence-electron chi connectivity index (χ0n) is 14.3. The van der Waals surface area contributed by atoms with E-state index >= 15 is 0 Å². The van der Waals surface area contributed by atoms with Crippen LogP contribution in [-0.4, -0.2) is 51.7 Å². The van der Waals surface area contributed by atoms with Crippen LogP contribution in [0.3, 0.4) is 0 Å². The van der Waals surface area contributed by atoms with E-state index in [1.54, 1.807) is 18.2 Å². The second-order valence-corrected chi connectivity index (χ2v) is 8.42. The molecule has 1 fully saturated rings. The number of benzene rings is 1. The average Bonchev–Trinajstić information content (AvgIpc) is 3.23. The van der Waals surface area contributed by atoms with Gasteiger partial charge >= 0.3 is 163 Å². The molecule has 2 aromatic heterocycles. The van der Waals surface area contributed by atoms with E-state index in [0.29, 0.717) is 9.78 Å². The van der Waals surface area contributed by atoms with Crippen LogP contribution in [0.1, 0.15) is 12.6 Å². The van der Waals surface area contributed by atoms with E-state index in [2.05, 4.69) is 15.0 Å². The maximum absolute atomic E-state index is 14.6. The van der Waals surface area contributed by atoms with E-state index in [-0.39, 0.29) is 44.2 Å². The first-order valence-corrected chi connectivity index (χ1v) is 10.4. The molecule has 0 saturated carbocycles. The summed E-state index contributed by atoms with van der Waals surface area (Å²) in [4.78, 5) is 33.0. The van der Waals surface area contributed by atoms with Gasteiger partial charge < -0.3 is 0 Å². The molecule has 10 nitrogen and oxygen atoms in total. The van der Waals surface area contributed by atoms with Crippen molar-refractivity contribution < 1.29 is 14.1 Å². The average molecular weight is 453 g/mol. The summed E-state index contributed by atoms with van der Waals surface area (Å²) in [5.41, 5.74) is 5.46. The van der Waals surface area contributed by atoms with Crippen molar-refractivity contribution in [3.05, 3.63) is 51.1 Å². The van der Waals surface area contributed by atoms with Gasteiger partial charge in [0.25, 0.3) is 0 Å². The van der Waals surface area contributed by atoms with Gasteiger partial charge in [-0.1, -0.05) is 0 Å². The number of H-pyrrole nitrogens is 1. The summed E-state index contributed by atoms with van der Waals surface area (Å²) in [7, 11) is 0. The number of aromatic amines is 1. The molecule has 28 heavy (non-hydrogen) atoms. The van der Waals surface area contributed by atoms with Crippen molar-refractivity contribution in [2.75, 3.05) is 5.73 Å². The van der Waals surface area contributed by atoms with Crippen LogP contribution in [-0.2, 0) is 4.74 Å². The number of aromatic nitrogens is 4. The Morgan fingerprint density at radius 1 is 1.46 bits per heavy atom. The van der Waals surface area contributed by atoms with Crippen molar-refractivity contribution in [3.63, 3.8) is 0 Å². The van der Waals surface area contributed by atoms with E-state index in [1.807, 2.05) is 0 Å². The van der Waals surface area contributed by atoms with Crippen molar-refractivity contribution in [1.82, 2.24) is 19.5 Å². The molecule has 0 aliphatic carbocycles. The number of rotatable bonds is 5. The molecular weight excluding hydrogens is 438 g/mol. The Balaban J connectivity index is 1.52. The van der Waals surface area contributed by atoms with Crippen molar-refractivity contribution >= 4 is 42.2 Å². The number of anilines is 1. The number of halogens is 1. The second kappa shape index (κ2) is 7.30. The molecule has 1 saturated heterocycles. The molecule has 0 unspecified atom stereocenters. The molecule has 3 atom stereocenters. The Kier molecular flexibility index (Phi) is 4.83. The summed E-state index contributed by atoms with van der Waals surface area (Å²) in [6.45, 7) is 0. The minimum atomic E-state index is -1.24. The fourth-order valence-electron chi connectivity index (χ4n) is 3.07. The van der Waals surface area contributed by atoms with Gasteiger partial charge in [-0.25, -0.2) is 0 Å². The van der Waals surface area contributed by atoms with Gasteiger partial charge in [0.15, 0.2) is 0 Å². The van der Waals surface area contributed by atoms with Gasteiger partial charge in [-0.2, -0.15) is 0 Å². The van der Waals surface area contributed by atoms with Gasteiger partial charge in [-0.3, -0.25) is 0 Å². The van der Waals surface area contributed by atoms with Gasteiger partial charge in [0.1, 0.15) is 0 Å². The van der Waals surface area contributed by atoms with Gasteiger partial charge in [0, 0.05) is 0 Å². The number of nitrogens with two attached hydrogens (primary N) is 1. The summed E-state index contributed by atoms with van der Waals surface area (Å²) in [5.74, 6) is -0.0645. The first-order valence-electron chi connectivity index (χ1n) is 8.32. The molecule has 3 heterocycles. The standard InChI is InChI=1S/C16H15FN6O4Se/c17-8-5-12(22-7-19-13-14(22)20-16(18)21-15(13)24)27-10(8)6-28-11-4-2-1-3-9(11)23(25)26/h1-4,7-8,10,12H,5-6H2,(H3,18,20,21,24)/t8-,10+,12+/m0/s1. The predicted octanol–water partition coefficient (Wildman–Crippen LogP) is 0.684. The van der Waals surface area contributed by atoms with Crippen molar-refractivity contribution in [2.24, 2.45) is 0 Å². The zero-order chi connectivity index (χ0) is 19.8. The molecule has 0 spiro atoms. The molecule has 4 rings (SSSR count). The van der Waals surface area contributed by atoms with Gasteiger partial charge in [-0.05, 0) is 0 Å². The first kappa shape index (κ1) is 18.5. The Labute approximate surface area is 163 Å². The molecule has 146 valence electrons. The molecule has 0 bridgehead atoms. The summed E-state index contributed by atoms with van der Waals surface area (Å²) >= 11 is -0.329. The molecule has 0 radical (unpaired) electrons. The van der Waals surface area contributed by atoms with E-state index in [0.717, 1.165) is 0 Å². The van der Waals surface area contributed by atoms with Crippen LogP contribution in [0.4, 0.5) is 16.0 Å². The third-order valence-electron chi connectivity index (χ3n) is 4.39. The van der Waals surface area contributed by atoms with E-state index in [1.165, 1.54) is 17.0 Å². The normalized spacial score (nSPS) is 22.0. The number of nitro benzene ring substituents is 1. The number of nitrogen functional groups attached to an aromatic ring is 1. The molecule has 12 heteroatoms.